The first-order valence-corrected chi connectivity index (χ1v) is 7.55. The number of hydrogen-bond donors (Lipinski definition) is 2. The summed E-state index contributed by atoms with van der Waals surface area (Å²) >= 11 is 0. The minimum absolute atomic E-state index is 0.0447. The van der Waals surface area contributed by atoms with Gasteiger partial charge in [-0.25, -0.2) is 4.79 Å². The number of morpholine rings is 1. The predicted molar refractivity (Wildman–Crippen MR) is 73.4 cm³/mol. The first kappa shape index (κ1) is 15.9. The fraction of sp³-hybridized carbons (Fsp3) is 0.929. The maximum Gasteiger partial charge on any atom is 0.396 e. The van der Waals surface area contributed by atoms with Gasteiger partial charge in [0.1, 0.15) is 0 Å². The molecule has 0 bridgehead atoms. The SMILES string of the molecule is CC1(C)CN(C(=O)NC[C@@]23CNC[C@]2(C(F)(F)F)C3)CCO1. The maximum absolute atomic E-state index is 13.2. The highest BCUT2D eigenvalue weighted by Crippen LogP contribution is 2.72. The van der Waals surface area contributed by atoms with E-state index >= 15 is 0 Å². The van der Waals surface area contributed by atoms with Gasteiger partial charge in [0.25, 0.3) is 0 Å². The third-order valence-corrected chi connectivity index (χ3v) is 5.25. The summed E-state index contributed by atoms with van der Waals surface area (Å²) in [7, 11) is 0. The predicted octanol–water partition coefficient (Wildman–Crippen LogP) is 1.35. The number of halogens is 3. The number of urea groups is 1. The van der Waals surface area contributed by atoms with Gasteiger partial charge < -0.3 is 20.3 Å². The molecule has 3 aliphatic rings. The molecular weight excluding hydrogens is 299 g/mol. The van der Waals surface area contributed by atoms with Crippen LogP contribution in [0.15, 0.2) is 0 Å². The molecule has 22 heavy (non-hydrogen) atoms. The van der Waals surface area contributed by atoms with Gasteiger partial charge in [0.15, 0.2) is 0 Å². The van der Waals surface area contributed by atoms with E-state index in [2.05, 4.69) is 10.6 Å². The number of nitrogens with one attached hydrogen (secondary N) is 2. The molecule has 1 aliphatic carbocycles. The molecule has 2 heterocycles. The van der Waals surface area contributed by atoms with Crippen LogP contribution in [0.4, 0.5) is 18.0 Å². The monoisotopic (exact) mass is 321 g/mol. The average molecular weight is 321 g/mol. The number of carbonyl (C=O) groups is 1. The summed E-state index contributed by atoms with van der Waals surface area (Å²) in [6.07, 6.45) is -4.12. The van der Waals surface area contributed by atoms with Crippen molar-refractivity contribution in [1.82, 2.24) is 15.5 Å². The van der Waals surface area contributed by atoms with Crippen molar-refractivity contribution in [2.45, 2.75) is 32.0 Å². The Bertz CT molecular complexity index is 482. The Hall–Kier alpha value is -1.02. The Morgan fingerprint density at radius 1 is 1.36 bits per heavy atom. The van der Waals surface area contributed by atoms with Crippen molar-refractivity contribution < 1.29 is 22.7 Å². The molecule has 2 saturated heterocycles. The van der Waals surface area contributed by atoms with E-state index in [-0.39, 0.29) is 25.5 Å². The van der Waals surface area contributed by atoms with Gasteiger partial charge in [0.2, 0.25) is 0 Å². The number of fused-ring (bicyclic) bond motifs is 1. The Balaban J connectivity index is 1.58. The number of nitrogens with zero attached hydrogens (tertiary/aromatic N) is 1. The normalized spacial score (nSPS) is 36.9. The molecule has 0 aromatic carbocycles. The van der Waals surface area contributed by atoms with E-state index in [0.717, 1.165) is 0 Å². The van der Waals surface area contributed by atoms with Crippen molar-refractivity contribution in [2.75, 3.05) is 39.3 Å². The van der Waals surface area contributed by atoms with Gasteiger partial charge in [-0.1, -0.05) is 0 Å². The summed E-state index contributed by atoms with van der Waals surface area (Å²) in [4.78, 5) is 13.8. The van der Waals surface area contributed by atoms with Crippen molar-refractivity contribution in [3.63, 3.8) is 0 Å². The number of piperidine rings is 1. The highest BCUT2D eigenvalue weighted by atomic mass is 19.4. The van der Waals surface area contributed by atoms with Crippen molar-refractivity contribution in [1.29, 1.82) is 0 Å². The van der Waals surface area contributed by atoms with Gasteiger partial charge in [0.05, 0.1) is 24.2 Å². The number of alkyl halides is 3. The van der Waals surface area contributed by atoms with E-state index < -0.39 is 22.6 Å². The summed E-state index contributed by atoms with van der Waals surface area (Å²) in [6.45, 7) is 5.46. The second-order valence-corrected chi connectivity index (χ2v) is 7.33. The van der Waals surface area contributed by atoms with Gasteiger partial charge in [0, 0.05) is 31.6 Å². The topological polar surface area (TPSA) is 53.6 Å². The van der Waals surface area contributed by atoms with E-state index in [1.807, 2.05) is 13.8 Å². The Labute approximate surface area is 127 Å². The van der Waals surface area contributed by atoms with Crippen LogP contribution < -0.4 is 10.6 Å². The third-order valence-electron chi connectivity index (χ3n) is 5.25. The Kier molecular flexibility index (Phi) is 3.41. The number of hydrogen-bond acceptors (Lipinski definition) is 3. The van der Waals surface area contributed by atoms with Crippen molar-refractivity contribution in [2.24, 2.45) is 10.8 Å². The van der Waals surface area contributed by atoms with Crippen LogP contribution in [0, 0.1) is 10.8 Å². The van der Waals surface area contributed by atoms with E-state index in [4.69, 9.17) is 4.74 Å². The van der Waals surface area contributed by atoms with E-state index in [9.17, 15) is 18.0 Å². The minimum Gasteiger partial charge on any atom is -0.372 e. The van der Waals surface area contributed by atoms with Crippen LogP contribution in [0.25, 0.3) is 0 Å². The van der Waals surface area contributed by atoms with Gasteiger partial charge in [-0.05, 0) is 20.3 Å². The molecule has 3 fully saturated rings. The van der Waals surface area contributed by atoms with Gasteiger partial charge in [-0.2, -0.15) is 13.2 Å². The molecule has 8 heteroatoms. The highest BCUT2D eigenvalue weighted by Gasteiger charge is 2.81. The Morgan fingerprint density at radius 3 is 2.68 bits per heavy atom. The molecule has 2 aliphatic heterocycles. The first-order valence-electron chi connectivity index (χ1n) is 7.55. The quantitative estimate of drug-likeness (QED) is 0.807. The first-order chi connectivity index (χ1) is 10.1. The lowest BCUT2D eigenvalue weighted by Crippen LogP contribution is -2.54. The van der Waals surface area contributed by atoms with Crippen LogP contribution in [-0.2, 0) is 4.74 Å². The lowest BCUT2D eigenvalue weighted by atomic mass is 9.95. The molecule has 0 spiro atoms. The summed E-state index contributed by atoms with van der Waals surface area (Å²) in [6, 6.07) is -0.305. The highest BCUT2D eigenvalue weighted by molar-refractivity contribution is 5.74. The largest absolute Gasteiger partial charge is 0.396 e. The Morgan fingerprint density at radius 2 is 2.09 bits per heavy atom. The van der Waals surface area contributed by atoms with E-state index in [1.165, 1.54) is 0 Å². The van der Waals surface area contributed by atoms with E-state index in [0.29, 0.717) is 26.2 Å². The van der Waals surface area contributed by atoms with Crippen LogP contribution in [0.1, 0.15) is 20.3 Å². The third kappa shape index (κ3) is 2.36. The second kappa shape index (κ2) is 4.74. The fourth-order valence-corrected chi connectivity index (χ4v) is 3.87. The molecule has 126 valence electrons. The van der Waals surface area contributed by atoms with Crippen LogP contribution in [-0.4, -0.2) is 62.0 Å². The van der Waals surface area contributed by atoms with Crippen molar-refractivity contribution in [3.05, 3.63) is 0 Å². The van der Waals surface area contributed by atoms with Crippen LogP contribution >= 0.6 is 0 Å². The molecule has 2 amide bonds. The minimum atomic E-state index is -4.22. The molecule has 0 unspecified atom stereocenters. The zero-order valence-electron chi connectivity index (χ0n) is 12.8. The summed E-state index contributed by atoms with van der Waals surface area (Å²) < 4.78 is 45.2. The fourth-order valence-electron chi connectivity index (χ4n) is 3.87. The molecule has 3 rings (SSSR count). The molecule has 2 atom stereocenters. The van der Waals surface area contributed by atoms with Gasteiger partial charge in [-0.3, -0.25) is 0 Å². The summed E-state index contributed by atoms with van der Waals surface area (Å²) in [5.41, 5.74) is -2.95. The van der Waals surface area contributed by atoms with Crippen LogP contribution in [0.3, 0.4) is 0 Å². The number of rotatable bonds is 2. The van der Waals surface area contributed by atoms with Crippen LogP contribution in [0.2, 0.25) is 0 Å². The smallest absolute Gasteiger partial charge is 0.372 e. The zero-order chi connectivity index (χ0) is 16.2. The van der Waals surface area contributed by atoms with Crippen LogP contribution in [0.5, 0.6) is 0 Å². The van der Waals surface area contributed by atoms with Crippen molar-refractivity contribution in [3.8, 4) is 0 Å². The maximum atomic E-state index is 13.2. The average Bonchev–Trinajstić information content (AvgIpc) is 2.92. The molecule has 0 radical (unpaired) electrons. The molecule has 0 aromatic rings. The molecule has 0 aromatic heterocycles. The molecule has 2 N–H and O–H groups in total. The molecular formula is C14H22F3N3O2. The van der Waals surface area contributed by atoms with Gasteiger partial charge in [-0.15, -0.1) is 0 Å². The lowest BCUT2D eigenvalue weighted by molar-refractivity contribution is -0.190. The number of amides is 2. The zero-order valence-corrected chi connectivity index (χ0v) is 12.8. The molecule has 5 nitrogen and oxygen atoms in total. The lowest BCUT2D eigenvalue weighted by Gasteiger charge is -2.38. The molecule has 1 saturated carbocycles. The number of carbonyl (C=O) groups excluding carboxylic acids is 1. The second-order valence-electron chi connectivity index (χ2n) is 7.33. The summed E-state index contributed by atoms with van der Waals surface area (Å²) in [5, 5.41) is 5.52. The summed E-state index contributed by atoms with van der Waals surface area (Å²) in [5.74, 6) is 0. The number of ether oxygens (including phenoxy) is 1. The standard InChI is InChI=1S/C14H22F3N3O2/c1-11(2)9-20(3-4-22-11)10(21)19-7-12-5-13(12,8-18-6-12)14(15,16)17/h18H,3-9H2,1-2H3,(H,19,21)/t12-,13-/m1/s1. The van der Waals surface area contributed by atoms with E-state index in [1.54, 1.807) is 4.90 Å². The van der Waals surface area contributed by atoms with Crippen molar-refractivity contribution >= 4 is 6.03 Å². The van der Waals surface area contributed by atoms with Gasteiger partial charge >= 0.3 is 12.2 Å².